The minimum Gasteiger partial charge on any atom is -0.317 e. The highest BCUT2D eigenvalue weighted by Gasteiger charge is 2.31. The number of thioether (sulfide) groups is 1. The number of nitrogens with one attached hydrogen (secondary N) is 1. The molecule has 3 unspecified atom stereocenters. The first kappa shape index (κ1) is 11.6. The predicted octanol–water partition coefficient (Wildman–Crippen LogP) is 3.06. The molecule has 0 aromatic heterocycles. The van der Waals surface area contributed by atoms with Gasteiger partial charge in [0.1, 0.15) is 0 Å². The van der Waals surface area contributed by atoms with Crippen LogP contribution < -0.4 is 5.32 Å². The van der Waals surface area contributed by atoms with Crippen LogP contribution in [0.25, 0.3) is 0 Å². The van der Waals surface area contributed by atoms with Gasteiger partial charge in [0.05, 0.1) is 0 Å². The second-order valence-corrected chi connectivity index (χ2v) is 6.50. The lowest BCUT2D eigenvalue weighted by molar-refractivity contribution is 0.346. The maximum atomic E-state index is 3.56. The number of rotatable bonds is 4. The summed E-state index contributed by atoms with van der Waals surface area (Å²) in [4.78, 5) is 0. The van der Waals surface area contributed by atoms with Crippen LogP contribution in [0.1, 0.15) is 29.9 Å². The molecule has 0 bridgehead atoms. The van der Waals surface area contributed by atoms with Gasteiger partial charge in [-0.25, -0.2) is 0 Å². The molecule has 1 aliphatic heterocycles. The van der Waals surface area contributed by atoms with Crippen LogP contribution in [-0.2, 0) is 6.42 Å². The molecule has 2 aliphatic rings. The van der Waals surface area contributed by atoms with Gasteiger partial charge in [-0.1, -0.05) is 24.3 Å². The summed E-state index contributed by atoms with van der Waals surface area (Å²) in [5.74, 6) is 4.44. The average molecular weight is 247 g/mol. The lowest BCUT2D eigenvalue weighted by Crippen LogP contribution is -2.37. The standard InChI is InChI=1S/C15H21NS/c1-16-15(12-6-7-17-10-12)9-13-8-11-4-2-3-5-14(11)13/h2-5,12-13,15-16H,6-10H2,1H3. The number of benzene rings is 1. The zero-order valence-corrected chi connectivity index (χ0v) is 11.3. The van der Waals surface area contributed by atoms with Gasteiger partial charge in [0.2, 0.25) is 0 Å². The highest BCUT2D eigenvalue weighted by molar-refractivity contribution is 7.99. The Balaban J connectivity index is 1.63. The van der Waals surface area contributed by atoms with E-state index in [1.807, 2.05) is 0 Å². The molecule has 0 radical (unpaired) electrons. The van der Waals surface area contributed by atoms with Crippen molar-refractivity contribution in [2.24, 2.45) is 5.92 Å². The van der Waals surface area contributed by atoms with E-state index in [9.17, 15) is 0 Å². The Labute approximate surface area is 108 Å². The van der Waals surface area contributed by atoms with Crippen molar-refractivity contribution in [2.45, 2.75) is 31.2 Å². The minimum atomic E-state index is 0.725. The fourth-order valence-corrected chi connectivity index (χ4v) is 4.63. The molecule has 1 N–H and O–H groups in total. The molecule has 1 heterocycles. The number of hydrogen-bond donors (Lipinski definition) is 1. The van der Waals surface area contributed by atoms with Crippen LogP contribution in [0.15, 0.2) is 24.3 Å². The van der Waals surface area contributed by atoms with Crippen LogP contribution in [0.3, 0.4) is 0 Å². The smallest absolute Gasteiger partial charge is 0.0106 e. The van der Waals surface area contributed by atoms with E-state index in [2.05, 4.69) is 48.4 Å². The Bertz CT molecular complexity index is 384. The highest BCUT2D eigenvalue weighted by atomic mass is 32.2. The van der Waals surface area contributed by atoms with Crippen molar-refractivity contribution in [3.05, 3.63) is 35.4 Å². The van der Waals surface area contributed by atoms with Crippen molar-refractivity contribution in [2.75, 3.05) is 18.6 Å². The molecule has 1 aromatic rings. The van der Waals surface area contributed by atoms with Crippen molar-refractivity contribution in [1.29, 1.82) is 0 Å². The second kappa shape index (κ2) is 5.03. The lowest BCUT2D eigenvalue weighted by atomic mass is 9.73. The van der Waals surface area contributed by atoms with Crippen LogP contribution in [-0.4, -0.2) is 24.6 Å². The monoisotopic (exact) mass is 247 g/mol. The molecular weight excluding hydrogens is 226 g/mol. The highest BCUT2D eigenvalue weighted by Crippen LogP contribution is 2.40. The van der Waals surface area contributed by atoms with E-state index < -0.39 is 0 Å². The fourth-order valence-electron chi connectivity index (χ4n) is 3.30. The summed E-state index contributed by atoms with van der Waals surface area (Å²) in [6, 6.07) is 9.68. The van der Waals surface area contributed by atoms with Crippen LogP contribution in [0.2, 0.25) is 0 Å². The van der Waals surface area contributed by atoms with Crippen LogP contribution >= 0.6 is 11.8 Å². The first-order valence-corrected chi connectivity index (χ1v) is 7.86. The quantitative estimate of drug-likeness (QED) is 0.877. The Morgan fingerprint density at radius 1 is 1.41 bits per heavy atom. The third-order valence-corrected chi connectivity index (χ3v) is 5.59. The molecular formula is C15H21NS. The molecule has 1 saturated heterocycles. The van der Waals surface area contributed by atoms with Gasteiger partial charge in [-0.05, 0) is 60.8 Å². The molecule has 1 aliphatic carbocycles. The van der Waals surface area contributed by atoms with E-state index in [0.29, 0.717) is 0 Å². The molecule has 0 saturated carbocycles. The third-order valence-electron chi connectivity index (χ3n) is 4.40. The topological polar surface area (TPSA) is 12.0 Å². The van der Waals surface area contributed by atoms with Crippen molar-refractivity contribution >= 4 is 11.8 Å². The summed E-state index contributed by atoms with van der Waals surface area (Å²) in [5.41, 5.74) is 3.19. The number of fused-ring (bicyclic) bond motifs is 1. The van der Waals surface area contributed by atoms with Gasteiger partial charge in [0.15, 0.2) is 0 Å². The Morgan fingerprint density at radius 3 is 3.00 bits per heavy atom. The van der Waals surface area contributed by atoms with Crippen molar-refractivity contribution in [3.63, 3.8) is 0 Å². The van der Waals surface area contributed by atoms with Gasteiger partial charge >= 0.3 is 0 Å². The van der Waals surface area contributed by atoms with E-state index in [1.54, 1.807) is 11.1 Å². The van der Waals surface area contributed by atoms with E-state index in [4.69, 9.17) is 0 Å². The summed E-state index contributed by atoms with van der Waals surface area (Å²) in [6.45, 7) is 0. The zero-order valence-electron chi connectivity index (χ0n) is 10.5. The molecule has 1 nitrogen and oxygen atoms in total. The summed E-state index contributed by atoms with van der Waals surface area (Å²) in [7, 11) is 2.14. The summed E-state index contributed by atoms with van der Waals surface area (Å²) >= 11 is 2.12. The van der Waals surface area contributed by atoms with Gasteiger partial charge in [-0.15, -0.1) is 0 Å². The zero-order chi connectivity index (χ0) is 11.7. The first-order valence-electron chi connectivity index (χ1n) is 6.71. The first-order chi connectivity index (χ1) is 8.38. The molecule has 2 heteroatoms. The summed E-state index contributed by atoms with van der Waals surface area (Å²) in [5, 5.41) is 3.56. The number of hydrogen-bond acceptors (Lipinski definition) is 2. The van der Waals surface area contributed by atoms with Gasteiger partial charge < -0.3 is 5.32 Å². The fraction of sp³-hybridized carbons (Fsp3) is 0.600. The third kappa shape index (κ3) is 2.25. The van der Waals surface area contributed by atoms with Crippen LogP contribution in [0.4, 0.5) is 0 Å². The maximum Gasteiger partial charge on any atom is 0.0106 e. The van der Waals surface area contributed by atoms with E-state index in [1.165, 1.54) is 30.8 Å². The Hall–Kier alpha value is -0.470. The molecule has 3 atom stereocenters. The predicted molar refractivity (Wildman–Crippen MR) is 75.8 cm³/mol. The largest absolute Gasteiger partial charge is 0.317 e. The molecule has 3 rings (SSSR count). The van der Waals surface area contributed by atoms with Crippen LogP contribution in [0.5, 0.6) is 0 Å². The molecule has 1 aromatic carbocycles. The molecule has 0 amide bonds. The SMILES string of the molecule is CNC(CC1Cc2ccccc21)C1CCSC1. The van der Waals surface area contributed by atoms with Gasteiger partial charge in [0.25, 0.3) is 0 Å². The maximum absolute atomic E-state index is 3.56. The van der Waals surface area contributed by atoms with Crippen molar-refractivity contribution in [1.82, 2.24) is 5.32 Å². The lowest BCUT2D eigenvalue weighted by Gasteiger charge is -2.34. The molecule has 17 heavy (non-hydrogen) atoms. The van der Waals surface area contributed by atoms with Crippen LogP contribution in [0, 0.1) is 5.92 Å². The van der Waals surface area contributed by atoms with E-state index in [0.717, 1.165) is 17.9 Å². The summed E-state index contributed by atoms with van der Waals surface area (Å²) in [6.07, 6.45) is 4.04. The van der Waals surface area contributed by atoms with E-state index >= 15 is 0 Å². The normalized spacial score (nSPS) is 28.5. The molecule has 0 spiro atoms. The van der Waals surface area contributed by atoms with Crippen molar-refractivity contribution < 1.29 is 0 Å². The van der Waals surface area contributed by atoms with Gasteiger partial charge in [-0.3, -0.25) is 0 Å². The molecule has 92 valence electrons. The second-order valence-electron chi connectivity index (χ2n) is 5.35. The van der Waals surface area contributed by atoms with Gasteiger partial charge in [0, 0.05) is 6.04 Å². The van der Waals surface area contributed by atoms with Crippen molar-refractivity contribution in [3.8, 4) is 0 Å². The average Bonchev–Trinajstić information content (AvgIpc) is 2.84. The summed E-state index contributed by atoms with van der Waals surface area (Å²) < 4.78 is 0. The minimum absolute atomic E-state index is 0.725. The van der Waals surface area contributed by atoms with Gasteiger partial charge in [-0.2, -0.15) is 11.8 Å². The van der Waals surface area contributed by atoms with E-state index in [-0.39, 0.29) is 0 Å². The Morgan fingerprint density at radius 2 is 2.29 bits per heavy atom. The molecule has 1 fully saturated rings. The Kier molecular flexibility index (Phi) is 3.44.